The third-order valence-corrected chi connectivity index (χ3v) is 3.96. The van der Waals surface area contributed by atoms with Gasteiger partial charge in [0.1, 0.15) is 11.4 Å². The molecule has 4 N–H and O–H groups in total. The van der Waals surface area contributed by atoms with Crippen molar-refractivity contribution in [2.45, 2.75) is 26.4 Å². The molecule has 0 saturated carbocycles. The molecule has 0 bridgehead atoms. The standard InChI is InChI=1S/C17H19N3O2/c1-11-15(5-3-12-2-4-14(18)16(22)8-12)19-17-9-13(10-21)6-7-20(11)17/h2,4,6-9,21-22H,3,5,10,18H2,1H3. The van der Waals surface area contributed by atoms with Crippen LogP contribution in [0.2, 0.25) is 0 Å². The minimum atomic E-state index is 0.0163. The van der Waals surface area contributed by atoms with Crippen molar-refractivity contribution in [3.05, 3.63) is 59.0 Å². The van der Waals surface area contributed by atoms with Gasteiger partial charge in [0, 0.05) is 11.9 Å². The van der Waals surface area contributed by atoms with Gasteiger partial charge in [-0.2, -0.15) is 0 Å². The van der Waals surface area contributed by atoms with Crippen molar-refractivity contribution >= 4 is 11.3 Å². The molecule has 0 aliphatic rings. The number of hydrogen-bond acceptors (Lipinski definition) is 4. The lowest BCUT2D eigenvalue weighted by atomic mass is 10.1. The molecule has 0 unspecified atom stereocenters. The number of hydrogen-bond donors (Lipinski definition) is 3. The van der Waals surface area contributed by atoms with Crippen LogP contribution < -0.4 is 5.73 Å². The first-order valence-electron chi connectivity index (χ1n) is 7.23. The summed E-state index contributed by atoms with van der Waals surface area (Å²) in [5, 5.41) is 18.9. The van der Waals surface area contributed by atoms with Crippen LogP contribution >= 0.6 is 0 Å². The average Bonchev–Trinajstić information content (AvgIpc) is 2.84. The number of rotatable bonds is 4. The van der Waals surface area contributed by atoms with Gasteiger partial charge in [0.15, 0.2) is 0 Å². The highest BCUT2D eigenvalue weighted by molar-refractivity contribution is 5.53. The Morgan fingerprint density at radius 1 is 1.14 bits per heavy atom. The van der Waals surface area contributed by atoms with E-state index >= 15 is 0 Å². The zero-order valence-corrected chi connectivity index (χ0v) is 12.5. The van der Waals surface area contributed by atoms with E-state index in [-0.39, 0.29) is 12.4 Å². The summed E-state index contributed by atoms with van der Waals surface area (Å²) in [7, 11) is 0. The SMILES string of the molecule is Cc1c(CCc2ccc(N)c(O)c2)nc2cc(CO)ccn12. The maximum Gasteiger partial charge on any atom is 0.138 e. The van der Waals surface area contributed by atoms with E-state index in [0.717, 1.165) is 41.0 Å². The number of phenols is 1. The van der Waals surface area contributed by atoms with Gasteiger partial charge < -0.3 is 20.3 Å². The molecule has 2 aromatic heterocycles. The number of aromatic hydroxyl groups is 1. The summed E-state index contributed by atoms with van der Waals surface area (Å²) in [5.74, 6) is 0.122. The maximum absolute atomic E-state index is 9.66. The van der Waals surface area contributed by atoms with Gasteiger partial charge in [0.25, 0.3) is 0 Å². The van der Waals surface area contributed by atoms with Crippen LogP contribution in [0.5, 0.6) is 5.75 Å². The van der Waals surface area contributed by atoms with E-state index < -0.39 is 0 Å². The zero-order chi connectivity index (χ0) is 15.7. The molecular formula is C17H19N3O2. The number of nitrogen functional groups attached to an aromatic ring is 1. The Morgan fingerprint density at radius 2 is 1.95 bits per heavy atom. The van der Waals surface area contributed by atoms with Crippen molar-refractivity contribution in [3.63, 3.8) is 0 Å². The van der Waals surface area contributed by atoms with Gasteiger partial charge in [-0.05, 0) is 55.2 Å². The highest BCUT2D eigenvalue weighted by Crippen LogP contribution is 2.22. The van der Waals surface area contributed by atoms with E-state index in [1.54, 1.807) is 12.1 Å². The molecule has 0 radical (unpaired) electrons. The molecule has 22 heavy (non-hydrogen) atoms. The molecule has 3 rings (SSSR count). The number of aryl methyl sites for hydroxylation is 3. The summed E-state index contributed by atoms with van der Waals surface area (Å²) in [6, 6.07) is 9.12. The molecule has 0 aliphatic carbocycles. The van der Waals surface area contributed by atoms with Gasteiger partial charge in [-0.25, -0.2) is 4.98 Å². The third-order valence-electron chi connectivity index (χ3n) is 3.96. The van der Waals surface area contributed by atoms with Crippen molar-refractivity contribution in [2.24, 2.45) is 0 Å². The Bertz CT molecular complexity index is 824. The van der Waals surface area contributed by atoms with Gasteiger partial charge in [-0.1, -0.05) is 6.07 Å². The Labute approximate surface area is 128 Å². The van der Waals surface area contributed by atoms with E-state index in [1.165, 1.54) is 0 Å². The maximum atomic E-state index is 9.66. The number of aliphatic hydroxyl groups excluding tert-OH is 1. The van der Waals surface area contributed by atoms with Gasteiger partial charge in [-0.15, -0.1) is 0 Å². The molecule has 1 aromatic carbocycles. The molecule has 0 atom stereocenters. The Kier molecular flexibility index (Phi) is 3.73. The lowest BCUT2D eigenvalue weighted by Crippen LogP contribution is -1.95. The molecule has 5 nitrogen and oxygen atoms in total. The number of aliphatic hydroxyl groups is 1. The molecule has 114 valence electrons. The van der Waals surface area contributed by atoms with Crippen LogP contribution in [-0.2, 0) is 19.4 Å². The second-order valence-electron chi connectivity index (χ2n) is 5.46. The highest BCUT2D eigenvalue weighted by atomic mass is 16.3. The second kappa shape index (κ2) is 5.69. The number of nitrogens with zero attached hydrogens (tertiary/aromatic N) is 2. The fourth-order valence-electron chi connectivity index (χ4n) is 2.60. The molecular weight excluding hydrogens is 278 g/mol. The number of fused-ring (bicyclic) bond motifs is 1. The van der Waals surface area contributed by atoms with Crippen molar-refractivity contribution in [1.29, 1.82) is 0 Å². The molecule has 0 fully saturated rings. The number of nitrogens with two attached hydrogens (primary N) is 1. The van der Waals surface area contributed by atoms with E-state index in [4.69, 9.17) is 5.73 Å². The van der Waals surface area contributed by atoms with Crippen molar-refractivity contribution in [3.8, 4) is 5.75 Å². The van der Waals surface area contributed by atoms with Crippen LogP contribution in [0.15, 0.2) is 36.5 Å². The summed E-state index contributed by atoms with van der Waals surface area (Å²) in [4.78, 5) is 4.64. The third kappa shape index (κ3) is 2.63. The number of benzene rings is 1. The van der Waals surface area contributed by atoms with Crippen LogP contribution in [0.1, 0.15) is 22.5 Å². The average molecular weight is 297 g/mol. The number of imidazole rings is 1. The molecule has 3 aromatic rings. The number of pyridine rings is 1. The molecule has 0 saturated heterocycles. The zero-order valence-electron chi connectivity index (χ0n) is 12.5. The minimum absolute atomic E-state index is 0.0163. The minimum Gasteiger partial charge on any atom is -0.506 e. The van der Waals surface area contributed by atoms with Crippen molar-refractivity contribution < 1.29 is 10.2 Å². The monoisotopic (exact) mass is 297 g/mol. The summed E-state index contributed by atoms with van der Waals surface area (Å²) >= 11 is 0. The first-order chi connectivity index (χ1) is 10.6. The van der Waals surface area contributed by atoms with E-state index in [9.17, 15) is 10.2 Å². The number of phenolic OH excluding ortho intramolecular Hbond substituents is 1. The van der Waals surface area contributed by atoms with Crippen LogP contribution in [0.3, 0.4) is 0 Å². The normalized spacial score (nSPS) is 11.2. The predicted molar refractivity (Wildman–Crippen MR) is 85.8 cm³/mol. The predicted octanol–water partition coefficient (Wildman–Crippen LogP) is 2.21. The van der Waals surface area contributed by atoms with Crippen molar-refractivity contribution in [2.75, 3.05) is 5.73 Å². The Morgan fingerprint density at radius 3 is 2.68 bits per heavy atom. The smallest absolute Gasteiger partial charge is 0.138 e. The lowest BCUT2D eigenvalue weighted by Gasteiger charge is -2.04. The fraction of sp³-hybridized carbons (Fsp3) is 0.235. The lowest BCUT2D eigenvalue weighted by molar-refractivity contribution is 0.282. The molecule has 2 heterocycles. The van der Waals surface area contributed by atoms with Gasteiger partial charge in [0.2, 0.25) is 0 Å². The largest absolute Gasteiger partial charge is 0.506 e. The summed E-state index contributed by atoms with van der Waals surface area (Å²) in [6.07, 6.45) is 3.50. The van der Waals surface area contributed by atoms with Crippen molar-refractivity contribution in [1.82, 2.24) is 9.38 Å². The van der Waals surface area contributed by atoms with E-state index in [0.29, 0.717) is 5.69 Å². The Hall–Kier alpha value is -2.53. The summed E-state index contributed by atoms with van der Waals surface area (Å²) < 4.78 is 2.02. The Balaban J connectivity index is 1.84. The van der Waals surface area contributed by atoms with Gasteiger partial charge in [-0.3, -0.25) is 0 Å². The first kappa shape index (κ1) is 14.4. The van der Waals surface area contributed by atoms with Crippen LogP contribution in [0.4, 0.5) is 5.69 Å². The molecule has 0 amide bonds. The quantitative estimate of drug-likeness (QED) is 0.509. The number of aromatic nitrogens is 2. The van der Waals surface area contributed by atoms with Crippen LogP contribution in [0, 0.1) is 6.92 Å². The topological polar surface area (TPSA) is 83.8 Å². The molecule has 0 spiro atoms. The summed E-state index contributed by atoms with van der Waals surface area (Å²) in [6.45, 7) is 2.05. The highest BCUT2D eigenvalue weighted by Gasteiger charge is 2.09. The van der Waals surface area contributed by atoms with Gasteiger partial charge in [0.05, 0.1) is 18.0 Å². The van der Waals surface area contributed by atoms with E-state index in [2.05, 4.69) is 4.98 Å². The number of anilines is 1. The molecule has 0 aliphatic heterocycles. The van der Waals surface area contributed by atoms with Gasteiger partial charge >= 0.3 is 0 Å². The van der Waals surface area contributed by atoms with E-state index in [1.807, 2.05) is 35.7 Å². The second-order valence-corrected chi connectivity index (χ2v) is 5.46. The first-order valence-corrected chi connectivity index (χ1v) is 7.23. The molecule has 5 heteroatoms. The van der Waals surface area contributed by atoms with Crippen LogP contribution in [0.25, 0.3) is 5.65 Å². The fourth-order valence-corrected chi connectivity index (χ4v) is 2.60. The summed E-state index contributed by atoms with van der Waals surface area (Å²) in [5.41, 5.74) is 10.8. The van der Waals surface area contributed by atoms with Crippen LogP contribution in [-0.4, -0.2) is 19.6 Å².